The van der Waals surface area contributed by atoms with Crippen LogP contribution in [-0.4, -0.2) is 36.8 Å². The van der Waals surface area contributed by atoms with Gasteiger partial charge in [0.2, 0.25) is 5.78 Å². The van der Waals surface area contributed by atoms with E-state index in [1.165, 1.54) is 11.6 Å². The van der Waals surface area contributed by atoms with E-state index in [9.17, 15) is 9.59 Å². The maximum Gasteiger partial charge on any atom is 0.332 e. The summed E-state index contributed by atoms with van der Waals surface area (Å²) in [5.74, 6) is 0.595. The first-order chi connectivity index (χ1) is 13.5. The fourth-order valence-electron chi connectivity index (χ4n) is 3.32. The summed E-state index contributed by atoms with van der Waals surface area (Å²) in [6.07, 6.45) is 5.86. The molecule has 8 heteroatoms. The minimum atomic E-state index is -0.397. The molecule has 3 heterocycles. The quantitative estimate of drug-likeness (QED) is 0.527. The maximum absolute atomic E-state index is 12.7. The molecule has 0 N–H and O–H groups in total. The van der Waals surface area contributed by atoms with Crippen LogP contribution in [0.15, 0.2) is 46.1 Å². The average molecular weight is 379 g/mol. The van der Waals surface area contributed by atoms with Crippen LogP contribution < -0.4 is 11.2 Å². The lowest BCUT2D eigenvalue weighted by Crippen LogP contribution is -2.37. The highest BCUT2D eigenvalue weighted by molar-refractivity contribution is 5.77. The standard InChI is InChI=1S/C20H21N5O3/c1-22-17-16(18(26)23(2)20(22)27)25-13-15(10-9-14-7-5-4-6-8-14)24(11-12-28-3)19(25)21-17/h4-10,13H,11-12H2,1-3H3/b10-9+. The Morgan fingerprint density at radius 3 is 2.54 bits per heavy atom. The fourth-order valence-corrected chi connectivity index (χ4v) is 3.32. The smallest absolute Gasteiger partial charge is 0.332 e. The van der Waals surface area contributed by atoms with Crippen molar-refractivity contribution in [3.63, 3.8) is 0 Å². The van der Waals surface area contributed by atoms with Crippen LogP contribution >= 0.6 is 0 Å². The average Bonchev–Trinajstić information content (AvgIpc) is 3.24. The van der Waals surface area contributed by atoms with Crippen molar-refractivity contribution in [2.75, 3.05) is 13.7 Å². The summed E-state index contributed by atoms with van der Waals surface area (Å²) in [6.45, 7) is 1.07. The monoisotopic (exact) mass is 379 g/mol. The molecule has 0 saturated heterocycles. The van der Waals surface area contributed by atoms with Gasteiger partial charge >= 0.3 is 5.69 Å². The van der Waals surface area contributed by atoms with Crippen LogP contribution in [0.4, 0.5) is 0 Å². The van der Waals surface area contributed by atoms with Crippen LogP contribution in [0.3, 0.4) is 0 Å². The molecule has 0 aliphatic rings. The number of rotatable bonds is 5. The van der Waals surface area contributed by atoms with E-state index in [0.717, 1.165) is 15.8 Å². The van der Waals surface area contributed by atoms with Crippen molar-refractivity contribution in [2.24, 2.45) is 14.1 Å². The van der Waals surface area contributed by atoms with Crippen LogP contribution in [0.5, 0.6) is 0 Å². The summed E-state index contributed by atoms with van der Waals surface area (Å²) in [7, 11) is 4.73. The number of aromatic nitrogens is 5. The van der Waals surface area contributed by atoms with E-state index in [-0.39, 0.29) is 5.56 Å². The highest BCUT2D eigenvalue weighted by Crippen LogP contribution is 2.18. The number of ether oxygens (including phenoxy) is 1. The summed E-state index contributed by atoms with van der Waals surface area (Å²) >= 11 is 0. The van der Waals surface area contributed by atoms with Crippen LogP contribution in [0.25, 0.3) is 29.1 Å². The molecule has 8 nitrogen and oxygen atoms in total. The zero-order valence-corrected chi connectivity index (χ0v) is 16.0. The molecular weight excluding hydrogens is 358 g/mol. The van der Waals surface area contributed by atoms with Gasteiger partial charge in [0.1, 0.15) is 0 Å². The summed E-state index contributed by atoms with van der Waals surface area (Å²) in [4.78, 5) is 29.5. The highest BCUT2D eigenvalue weighted by atomic mass is 16.5. The minimum Gasteiger partial charge on any atom is -0.383 e. The van der Waals surface area contributed by atoms with E-state index >= 15 is 0 Å². The lowest BCUT2D eigenvalue weighted by molar-refractivity contribution is 0.188. The molecule has 144 valence electrons. The third kappa shape index (κ3) is 2.78. The molecule has 0 saturated carbocycles. The lowest BCUT2D eigenvalue weighted by Gasteiger charge is -2.05. The van der Waals surface area contributed by atoms with Gasteiger partial charge in [-0.05, 0) is 11.6 Å². The molecule has 0 bridgehead atoms. The van der Waals surface area contributed by atoms with Crippen LogP contribution in [0.1, 0.15) is 11.3 Å². The van der Waals surface area contributed by atoms with Gasteiger partial charge in [-0.2, -0.15) is 4.98 Å². The summed E-state index contributed by atoms with van der Waals surface area (Å²) in [5, 5.41) is 0. The van der Waals surface area contributed by atoms with Gasteiger partial charge in [0.25, 0.3) is 5.56 Å². The van der Waals surface area contributed by atoms with Gasteiger partial charge < -0.3 is 9.30 Å². The van der Waals surface area contributed by atoms with Crippen LogP contribution in [0.2, 0.25) is 0 Å². The Morgan fingerprint density at radius 2 is 1.82 bits per heavy atom. The van der Waals surface area contributed by atoms with E-state index < -0.39 is 5.69 Å². The van der Waals surface area contributed by atoms with E-state index in [1.54, 1.807) is 18.6 Å². The van der Waals surface area contributed by atoms with Gasteiger partial charge in [-0.25, -0.2) is 4.79 Å². The fraction of sp³-hybridized carbons (Fsp3) is 0.250. The van der Waals surface area contributed by atoms with Gasteiger partial charge in [0.05, 0.1) is 12.3 Å². The highest BCUT2D eigenvalue weighted by Gasteiger charge is 2.19. The number of hydrogen-bond acceptors (Lipinski definition) is 4. The molecule has 0 aliphatic carbocycles. The second kappa shape index (κ2) is 6.97. The third-order valence-corrected chi connectivity index (χ3v) is 4.85. The number of nitrogens with zero attached hydrogens (tertiary/aromatic N) is 5. The molecule has 0 atom stereocenters. The molecule has 3 aromatic heterocycles. The van der Waals surface area contributed by atoms with Crippen molar-refractivity contribution in [1.29, 1.82) is 0 Å². The molecule has 28 heavy (non-hydrogen) atoms. The number of benzene rings is 1. The predicted molar refractivity (Wildman–Crippen MR) is 108 cm³/mol. The van der Waals surface area contributed by atoms with E-state index in [0.29, 0.717) is 30.1 Å². The van der Waals surface area contributed by atoms with Gasteiger partial charge in [-0.3, -0.25) is 18.3 Å². The van der Waals surface area contributed by atoms with Crippen molar-refractivity contribution in [1.82, 2.24) is 23.1 Å². The summed E-state index contributed by atoms with van der Waals surface area (Å²) < 4.78 is 11.5. The number of aryl methyl sites for hydroxylation is 1. The van der Waals surface area contributed by atoms with Gasteiger partial charge in [0.15, 0.2) is 11.2 Å². The minimum absolute atomic E-state index is 0.368. The van der Waals surface area contributed by atoms with Crippen molar-refractivity contribution in [2.45, 2.75) is 6.54 Å². The Morgan fingerprint density at radius 1 is 1.07 bits per heavy atom. The Balaban J connectivity index is 1.97. The Bertz CT molecular complexity index is 1310. The van der Waals surface area contributed by atoms with E-state index in [4.69, 9.17) is 4.74 Å². The van der Waals surface area contributed by atoms with Gasteiger partial charge in [0, 0.05) is 33.9 Å². The Hall–Kier alpha value is -3.39. The first kappa shape index (κ1) is 18.0. The molecule has 0 radical (unpaired) electrons. The Kier molecular flexibility index (Phi) is 4.48. The lowest BCUT2D eigenvalue weighted by atomic mass is 10.2. The summed E-state index contributed by atoms with van der Waals surface area (Å²) in [5.41, 5.74) is 1.95. The SMILES string of the molecule is COCCn1c(/C=C/c2ccccc2)cn2c3c(=O)n(C)c(=O)n(C)c3nc12. The molecule has 0 fully saturated rings. The van der Waals surface area contributed by atoms with Crippen LogP contribution in [0, 0.1) is 0 Å². The molecule has 1 aromatic carbocycles. The van der Waals surface area contributed by atoms with Gasteiger partial charge in [-0.15, -0.1) is 0 Å². The molecule has 0 amide bonds. The molecular formula is C20H21N5O3. The normalized spacial score (nSPS) is 12.0. The van der Waals surface area contributed by atoms with Gasteiger partial charge in [-0.1, -0.05) is 36.4 Å². The first-order valence-electron chi connectivity index (χ1n) is 8.92. The van der Waals surface area contributed by atoms with Crippen molar-refractivity contribution < 1.29 is 4.74 Å². The molecule has 0 unspecified atom stereocenters. The van der Waals surface area contributed by atoms with Crippen molar-refractivity contribution in [3.05, 3.63) is 68.6 Å². The predicted octanol–water partition coefficient (Wildman–Crippen LogP) is 1.50. The largest absolute Gasteiger partial charge is 0.383 e. The Labute approximate surface area is 160 Å². The first-order valence-corrected chi connectivity index (χ1v) is 8.92. The zero-order chi connectivity index (χ0) is 19.8. The van der Waals surface area contributed by atoms with E-state index in [1.807, 2.05) is 53.2 Å². The maximum atomic E-state index is 12.7. The third-order valence-electron chi connectivity index (χ3n) is 4.85. The molecule has 0 aliphatic heterocycles. The molecule has 0 spiro atoms. The number of imidazole rings is 2. The topological polar surface area (TPSA) is 75.5 Å². The summed E-state index contributed by atoms with van der Waals surface area (Å²) in [6, 6.07) is 9.97. The van der Waals surface area contributed by atoms with Crippen molar-refractivity contribution in [3.8, 4) is 0 Å². The number of fused-ring (bicyclic) bond motifs is 3. The number of methoxy groups -OCH3 is 1. The molecule has 4 aromatic rings. The number of hydrogen-bond donors (Lipinski definition) is 0. The van der Waals surface area contributed by atoms with E-state index in [2.05, 4.69) is 4.98 Å². The van der Waals surface area contributed by atoms with Crippen molar-refractivity contribution >= 4 is 29.1 Å². The second-order valence-corrected chi connectivity index (χ2v) is 6.60. The molecule has 4 rings (SSSR count). The van der Waals surface area contributed by atoms with Crippen LogP contribution in [-0.2, 0) is 25.4 Å². The zero-order valence-electron chi connectivity index (χ0n) is 16.0. The second-order valence-electron chi connectivity index (χ2n) is 6.60.